The highest BCUT2D eigenvalue weighted by molar-refractivity contribution is 6.08. The Kier molecular flexibility index (Phi) is 3.93. The first-order chi connectivity index (χ1) is 9.93. The van der Waals surface area contributed by atoms with Crippen LogP contribution in [0.15, 0.2) is 11.8 Å². The van der Waals surface area contributed by atoms with Gasteiger partial charge in [-0.05, 0) is 53.4 Å². The number of allylic oxidation sites excluding steroid dienone is 2. The molecule has 0 saturated carbocycles. The van der Waals surface area contributed by atoms with Crippen LogP contribution in [0.3, 0.4) is 0 Å². The Balaban J connectivity index is 2.42. The number of urea groups is 1. The van der Waals surface area contributed by atoms with E-state index >= 15 is 0 Å². The van der Waals surface area contributed by atoms with Gasteiger partial charge in [0.15, 0.2) is 0 Å². The van der Waals surface area contributed by atoms with E-state index in [9.17, 15) is 9.59 Å². The number of carbonyl (C=O) groups is 2. The Hall–Kier alpha value is -1.36. The fourth-order valence-corrected chi connectivity index (χ4v) is 4.39. The number of amides is 3. The monoisotopic (exact) mass is 307 g/mol. The van der Waals surface area contributed by atoms with Crippen LogP contribution in [0.5, 0.6) is 0 Å². The molecule has 0 aliphatic carbocycles. The first-order valence-electron chi connectivity index (χ1n) is 8.05. The molecule has 124 valence electrons. The van der Waals surface area contributed by atoms with Crippen LogP contribution in [-0.4, -0.2) is 33.5 Å². The minimum absolute atomic E-state index is 0.109. The molecule has 0 aromatic heterocycles. The van der Waals surface area contributed by atoms with Gasteiger partial charge in [-0.1, -0.05) is 19.9 Å². The van der Waals surface area contributed by atoms with Gasteiger partial charge in [-0.15, -0.1) is 0 Å². The summed E-state index contributed by atoms with van der Waals surface area (Å²) in [5.41, 5.74) is -0.463. The van der Waals surface area contributed by atoms with E-state index in [1.165, 1.54) is 4.90 Å². The quantitative estimate of drug-likeness (QED) is 0.771. The van der Waals surface area contributed by atoms with Gasteiger partial charge in [-0.3, -0.25) is 4.79 Å². The van der Waals surface area contributed by atoms with Crippen LogP contribution in [0.4, 0.5) is 4.79 Å². The van der Waals surface area contributed by atoms with Crippen LogP contribution in [0.2, 0.25) is 0 Å². The molecular weight excluding hydrogens is 278 g/mol. The van der Waals surface area contributed by atoms with Crippen molar-refractivity contribution in [1.29, 1.82) is 0 Å². The fraction of sp³-hybridized carbons (Fsp3) is 0.765. The van der Waals surface area contributed by atoms with E-state index < -0.39 is 5.54 Å². The van der Waals surface area contributed by atoms with E-state index in [1.807, 2.05) is 26.8 Å². The molecule has 2 saturated heterocycles. The molecule has 0 aromatic rings. The molecule has 2 fully saturated rings. The summed E-state index contributed by atoms with van der Waals surface area (Å²) in [6, 6.07) is -0.291. The van der Waals surface area contributed by atoms with E-state index in [-0.39, 0.29) is 28.9 Å². The Morgan fingerprint density at radius 1 is 1.14 bits per heavy atom. The lowest BCUT2D eigenvalue weighted by molar-refractivity contribution is -0.133. The summed E-state index contributed by atoms with van der Waals surface area (Å²) in [6.45, 7) is 14.2. The molecule has 0 bridgehead atoms. The lowest BCUT2D eigenvalue weighted by Gasteiger charge is -2.50. The van der Waals surface area contributed by atoms with Gasteiger partial charge in [0.05, 0.1) is 0 Å². The molecule has 0 radical (unpaired) electrons. The van der Waals surface area contributed by atoms with Crippen molar-refractivity contribution in [3.63, 3.8) is 0 Å². The predicted octanol–water partition coefficient (Wildman–Crippen LogP) is 2.78. The van der Waals surface area contributed by atoms with E-state index in [2.05, 4.69) is 38.3 Å². The summed E-state index contributed by atoms with van der Waals surface area (Å²) in [6.07, 6.45) is 3.05. The van der Waals surface area contributed by atoms with Crippen molar-refractivity contribution in [3.05, 3.63) is 11.8 Å². The third kappa shape index (κ3) is 2.78. The largest absolute Gasteiger partial charge is 0.329 e. The molecular formula is C17H29N3O2. The first kappa shape index (κ1) is 17.0. The Bertz CT molecular complexity index is 516. The fourth-order valence-electron chi connectivity index (χ4n) is 4.39. The maximum absolute atomic E-state index is 13.1. The summed E-state index contributed by atoms with van der Waals surface area (Å²) in [5.74, 6) is 0.0135. The predicted molar refractivity (Wildman–Crippen MR) is 87.2 cm³/mol. The Morgan fingerprint density at radius 2 is 1.64 bits per heavy atom. The Morgan fingerprint density at radius 3 is 2.05 bits per heavy atom. The SMILES string of the molecule is C/C=C(/C(C)C)N1C(=O)NC2(CC(C)(C)NC(C)(C)C2)C1=O. The number of nitrogens with zero attached hydrogens (tertiary/aromatic N) is 1. The zero-order chi connectivity index (χ0) is 16.9. The highest BCUT2D eigenvalue weighted by atomic mass is 16.2. The van der Waals surface area contributed by atoms with Crippen LogP contribution in [-0.2, 0) is 4.79 Å². The van der Waals surface area contributed by atoms with Crippen molar-refractivity contribution < 1.29 is 9.59 Å². The van der Waals surface area contributed by atoms with Gasteiger partial charge in [0.25, 0.3) is 5.91 Å². The average Bonchev–Trinajstić information content (AvgIpc) is 2.49. The number of hydrogen-bond acceptors (Lipinski definition) is 3. The van der Waals surface area contributed by atoms with Crippen molar-refractivity contribution in [1.82, 2.24) is 15.5 Å². The zero-order valence-corrected chi connectivity index (χ0v) is 14.8. The third-order valence-electron chi connectivity index (χ3n) is 4.47. The van der Waals surface area contributed by atoms with Crippen molar-refractivity contribution in [2.45, 2.75) is 77.9 Å². The summed E-state index contributed by atoms with van der Waals surface area (Å²) in [4.78, 5) is 27.0. The molecule has 0 unspecified atom stereocenters. The van der Waals surface area contributed by atoms with E-state index in [0.717, 1.165) is 5.70 Å². The molecule has 0 atom stereocenters. The Labute approximate surface area is 133 Å². The second-order valence-electron chi connectivity index (χ2n) is 8.27. The minimum Gasteiger partial charge on any atom is -0.323 e. The molecule has 3 amide bonds. The van der Waals surface area contributed by atoms with Gasteiger partial charge >= 0.3 is 6.03 Å². The van der Waals surface area contributed by atoms with Gasteiger partial charge < -0.3 is 10.6 Å². The summed E-state index contributed by atoms with van der Waals surface area (Å²) < 4.78 is 0. The van der Waals surface area contributed by atoms with Crippen LogP contribution in [0.1, 0.15) is 61.3 Å². The molecule has 2 heterocycles. The lowest BCUT2D eigenvalue weighted by Crippen LogP contribution is -2.68. The molecule has 2 aliphatic heterocycles. The maximum Gasteiger partial charge on any atom is 0.329 e. The molecule has 2 N–H and O–H groups in total. The third-order valence-corrected chi connectivity index (χ3v) is 4.47. The van der Waals surface area contributed by atoms with Crippen molar-refractivity contribution >= 4 is 11.9 Å². The second kappa shape index (κ2) is 5.08. The number of imide groups is 1. The number of piperidine rings is 1. The molecule has 2 rings (SSSR count). The van der Waals surface area contributed by atoms with Gasteiger partial charge in [0, 0.05) is 16.8 Å². The molecule has 5 heteroatoms. The van der Waals surface area contributed by atoms with Crippen LogP contribution < -0.4 is 10.6 Å². The van der Waals surface area contributed by atoms with Gasteiger partial charge in [0.1, 0.15) is 5.54 Å². The van der Waals surface area contributed by atoms with Crippen LogP contribution >= 0.6 is 0 Å². The number of nitrogens with one attached hydrogen (secondary N) is 2. The lowest BCUT2D eigenvalue weighted by atomic mass is 9.70. The van der Waals surface area contributed by atoms with Crippen molar-refractivity contribution in [2.75, 3.05) is 0 Å². The average molecular weight is 307 g/mol. The van der Waals surface area contributed by atoms with Gasteiger partial charge in [-0.25, -0.2) is 9.69 Å². The van der Waals surface area contributed by atoms with Gasteiger partial charge in [-0.2, -0.15) is 0 Å². The molecule has 2 aliphatic rings. The number of carbonyl (C=O) groups excluding carboxylic acids is 2. The van der Waals surface area contributed by atoms with Crippen LogP contribution in [0, 0.1) is 5.92 Å². The molecule has 0 aromatic carbocycles. The highest BCUT2D eigenvalue weighted by Crippen LogP contribution is 2.41. The van der Waals surface area contributed by atoms with Crippen molar-refractivity contribution in [3.8, 4) is 0 Å². The number of rotatable bonds is 2. The zero-order valence-electron chi connectivity index (χ0n) is 14.8. The number of hydrogen-bond donors (Lipinski definition) is 2. The summed E-state index contributed by atoms with van der Waals surface area (Å²) in [5, 5.41) is 6.57. The highest BCUT2D eigenvalue weighted by Gasteiger charge is 2.59. The smallest absolute Gasteiger partial charge is 0.323 e. The molecule has 1 spiro atoms. The van der Waals surface area contributed by atoms with Crippen molar-refractivity contribution in [2.24, 2.45) is 5.92 Å². The van der Waals surface area contributed by atoms with Gasteiger partial charge in [0.2, 0.25) is 0 Å². The summed E-state index contributed by atoms with van der Waals surface area (Å²) >= 11 is 0. The maximum atomic E-state index is 13.1. The second-order valence-corrected chi connectivity index (χ2v) is 8.27. The normalized spacial score (nSPS) is 26.7. The minimum atomic E-state index is -0.807. The molecule has 22 heavy (non-hydrogen) atoms. The standard InChI is InChI=1S/C17H29N3O2/c1-8-12(11(2)3)20-13(21)17(18-14(20)22)9-15(4,5)19-16(6,7)10-17/h8,11,19H,9-10H2,1-7H3,(H,18,22)/b12-8-. The molecule has 5 nitrogen and oxygen atoms in total. The van der Waals surface area contributed by atoms with E-state index in [4.69, 9.17) is 0 Å². The van der Waals surface area contributed by atoms with E-state index in [1.54, 1.807) is 0 Å². The topological polar surface area (TPSA) is 61.4 Å². The first-order valence-corrected chi connectivity index (χ1v) is 8.05. The van der Waals surface area contributed by atoms with Crippen LogP contribution in [0.25, 0.3) is 0 Å². The van der Waals surface area contributed by atoms with E-state index in [0.29, 0.717) is 12.8 Å². The summed E-state index contributed by atoms with van der Waals surface area (Å²) in [7, 11) is 0.